The smallest absolute Gasteiger partial charge is 0.330 e. The number of nitrogens with zero attached hydrogens (tertiary/aromatic N) is 3. The van der Waals surface area contributed by atoms with Gasteiger partial charge in [-0.05, 0) is 52.8 Å². The van der Waals surface area contributed by atoms with Gasteiger partial charge in [0.25, 0.3) is 11.1 Å². The second-order valence-electron chi connectivity index (χ2n) is 14.6. The highest BCUT2D eigenvalue weighted by Crippen LogP contribution is 2.55. The van der Waals surface area contributed by atoms with Crippen molar-refractivity contribution in [2.45, 2.75) is 54.7 Å². The summed E-state index contributed by atoms with van der Waals surface area (Å²) in [6.07, 6.45) is -9.72. The minimum Gasteiger partial charge on any atom is -0.497 e. The number of aromatic amines is 2. The predicted molar refractivity (Wildman–Crippen MR) is 233 cm³/mol. The highest BCUT2D eigenvalue weighted by molar-refractivity contribution is 8.07. The van der Waals surface area contributed by atoms with E-state index < -0.39 is 90.6 Å². The Bertz CT molecular complexity index is 2680. The Balaban J connectivity index is 1.27. The van der Waals surface area contributed by atoms with Crippen molar-refractivity contribution in [1.82, 2.24) is 19.1 Å². The molecular formula is C43H45FN5O14PS. The van der Waals surface area contributed by atoms with Crippen LogP contribution in [0.5, 0.6) is 11.5 Å². The monoisotopic (exact) mass is 937 g/mol. The number of aliphatic hydroxyl groups excluding tert-OH is 1. The van der Waals surface area contributed by atoms with Gasteiger partial charge in [-0.25, -0.2) is 20.6 Å². The molecule has 2 aliphatic rings. The first kappa shape index (κ1) is 47.3. The van der Waals surface area contributed by atoms with E-state index in [1.165, 1.54) is 13.3 Å². The van der Waals surface area contributed by atoms with Crippen molar-refractivity contribution in [2.75, 3.05) is 47.7 Å². The Labute approximate surface area is 375 Å². The van der Waals surface area contributed by atoms with Gasteiger partial charge in [0, 0.05) is 31.6 Å². The quantitative estimate of drug-likeness (QED) is 0.0469. The van der Waals surface area contributed by atoms with Gasteiger partial charge in [0.1, 0.15) is 54.2 Å². The summed E-state index contributed by atoms with van der Waals surface area (Å²) in [6.45, 7) is 1.85. The first-order valence-electron chi connectivity index (χ1n) is 20.0. The van der Waals surface area contributed by atoms with Crippen molar-refractivity contribution in [3.63, 3.8) is 0 Å². The first-order valence-corrected chi connectivity index (χ1v) is 22.6. The Kier molecular flexibility index (Phi) is 15.1. The molecule has 344 valence electrons. The number of halogens is 1. The van der Waals surface area contributed by atoms with Gasteiger partial charge in [-0.1, -0.05) is 54.6 Å². The van der Waals surface area contributed by atoms with Crippen LogP contribution in [-0.4, -0.2) is 109 Å². The normalized spacial score (nSPS) is 24.0. The fraction of sp³-hybridized carbons (Fsp3) is 0.372. The average molecular weight is 938 g/mol. The lowest BCUT2D eigenvalue weighted by molar-refractivity contribution is -0.0965. The van der Waals surface area contributed by atoms with Gasteiger partial charge >= 0.3 is 18.1 Å². The lowest BCUT2D eigenvalue weighted by atomic mass is 9.80. The topological polar surface area (TPSA) is 217 Å². The van der Waals surface area contributed by atoms with Crippen LogP contribution in [0.2, 0.25) is 0 Å². The number of hydrogen-bond acceptors (Lipinski definition) is 15. The van der Waals surface area contributed by atoms with E-state index in [1.54, 1.807) is 38.5 Å². The number of rotatable bonds is 19. The molecule has 7 rings (SSSR count). The molecule has 22 heteroatoms. The fourth-order valence-corrected chi connectivity index (χ4v) is 9.75. The molecule has 19 nitrogen and oxygen atoms in total. The zero-order valence-corrected chi connectivity index (χ0v) is 36.8. The number of nitrogens with one attached hydrogen (secondary N) is 2. The van der Waals surface area contributed by atoms with Gasteiger partial charge in [0.05, 0.1) is 27.4 Å². The number of aliphatic hydroxyl groups is 1. The number of aromatic nitrogens is 4. The molecule has 3 unspecified atom stereocenters. The molecule has 0 saturated carbocycles. The van der Waals surface area contributed by atoms with Crippen molar-refractivity contribution in [1.29, 1.82) is 0 Å². The molecule has 2 aliphatic heterocycles. The van der Waals surface area contributed by atoms with Crippen LogP contribution < -0.4 is 32.0 Å². The van der Waals surface area contributed by atoms with Crippen molar-refractivity contribution in [3.8, 4) is 11.5 Å². The second-order valence-corrected chi connectivity index (χ2v) is 17.6. The van der Waals surface area contributed by atoms with Gasteiger partial charge < -0.3 is 47.4 Å². The number of hydrogen-bond donors (Lipinski definition) is 3. The summed E-state index contributed by atoms with van der Waals surface area (Å²) in [4.78, 5) is 57.2. The number of H-pyrrole nitrogens is 2. The van der Waals surface area contributed by atoms with E-state index in [1.807, 2.05) is 59.6 Å². The first-order chi connectivity index (χ1) is 31.3. The van der Waals surface area contributed by atoms with Crippen LogP contribution in [0, 0.1) is 6.57 Å². The van der Waals surface area contributed by atoms with E-state index in [4.69, 9.17) is 60.4 Å². The Morgan fingerprint density at radius 2 is 1.29 bits per heavy atom. The molecule has 5 aromatic rings. The summed E-state index contributed by atoms with van der Waals surface area (Å²) in [6, 6.07) is 26.1. The second kappa shape index (κ2) is 20.7. The lowest BCUT2D eigenvalue weighted by Gasteiger charge is -2.37. The third-order valence-electron chi connectivity index (χ3n) is 10.8. The standard InChI is InChI=1S/C43H45FN5O14PS/c1-45-20-23-59-64(65,60-25-31-36(52)35(44)39(61-31)48-21-18-33(50)46-41(48)53)63-37-32(62-40(38(37)57-4)49-22-19-34(51)47-42(49)54)24-58-43(26-8-6-5-7-9-26,27-10-14-29(55-2)15-11-27)28-12-16-30(56-3)17-13-28/h5-19,21-22,31-32,35-40,52H,20,23-25H2,2-4H3,(H,46,50,53)(H,47,51,54)/t31-,32-,35+,36?,37?,38+,39-,40-,64?/m1/s1. The molecule has 2 aromatic heterocycles. The molecule has 4 heterocycles. The van der Waals surface area contributed by atoms with Crippen LogP contribution in [0.3, 0.4) is 0 Å². The molecule has 2 fully saturated rings. The van der Waals surface area contributed by atoms with Gasteiger partial charge in [0.15, 0.2) is 18.6 Å². The minimum atomic E-state index is -4.12. The van der Waals surface area contributed by atoms with E-state index >= 15 is 4.39 Å². The van der Waals surface area contributed by atoms with Crippen LogP contribution in [0.1, 0.15) is 29.1 Å². The molecule has 2 saturated heterocycles. The van der Waals surface area contributed by atoms with Crippen molar-refractivity contribution >= 4 is 18.5 Å². The molecule has 3 N–H and O–H groups in total. The van der Waals surface area contributed by atoms with Crippen molar-refractivity contribution in [2.24, 2.45) is 0 Å². The van der Waals surface area contributed by atoms with Gasteiger partial charge in [-0.3, -0.25) is 33.2 Å². The van der Waals surface area contributed by atoms with Crippen LogP contribution in [0.15, 0.2) is 123 Å². The molecule has 0 radical (unpaired) electrons. The summed E-state index contributed by atoms with van der Waals surface area (Å²) in [7, 11) is 4.45. The third-order valence-corrected chi connectivity index (χ3v) is 13.2. The molecule has 0 bridgehead atoms. The summed E-state index contributed by atoms with van der Waals surface area (Å²) >= 11 is 5.92. The highest BCUT2D eigenvalue weighted by atomic mass is 32.5. The predicted octanol–water partition coefficient (Wildman–Crippen LogP) is 3.18. The SMILES string of the molecule is [C-]#[N+]CCOP(=S)(OC[C@H]1O[C@@H](n2ccc(=O)[nH]c2=O)[C@@H](F)C1O)OC1[C@@H](COC(c2ccccc2)(c2ccc(OC)cc2)c2ccc(OC)cc2)O[C@@H](n2ccc(=O)[nH]c2=O)[C@H]1OC. The molecule has 0 amide bonds. The Hall–Kier alpha value is -5.63. The van der Waals surface area contributed by atoms with E-state index in [0.717, 1.165) is 27.5 Å². The van der Waals surface area contributed by atoms with Crippen LogP contribution in [0.25, 0.3) is 4.85 Å². The van der Waals surface area contributed by atoms with Crippen molar-refractivity contribution < 1.29 is 51.5 Å². The molecule has 9 atom stereocenters. The highest BCUT2D eigenvalue weighted by Gasteiger charge is 2.52. The van der Waals surface area contributed by atoms with E-state index in [0.29, 0.717) is 28.2 Å². The van der Waals surface area contributed by atoms with Crippen LogP contribution in [-0.2, 0) is 49.9 Å². The Morgan fingerprint density at radius 3 is 1.82 bits per heavy atom. The lowest BCUT2D eigenvalue weighted by Crippen LogP contribution is -2.42. The minimum absolute atomic E-state index is 0.169. The molecule has 65 heavy (non-hydrogen) atoms. The van der Waals surface area contributed by atoms with E-state index in [9.17, 15) is 24.3 Å². The molecular weight excluding hydrogens is 893 g/mol. The summed E-state index contributed by atoms with van der Waals surface area (Å²) in [5.41, 5.74) is -2.47. The molecule has 0 spiro atoms. The third kappa shape index (κ3) is 10.1. The number of ether oxygens (including phenoxy) is 6. The maximum atomic E-state index is 15.5. The van der Waals surface area contributed by atoms with Crippen LogP contribution in [0.4, 0.5) is 4.39 Å². The zero-order valence-electron chi connectivity index (χ0n) is 35.1. The number of methoxy groups -OCH3 is 3. The summed E-state index contributed by atoms with van der Waals surface area (Å²) in [5, 5.41) is 10.9. The average Bonchev–Trinajstić information content (AvgIpc) is 3.80. The largest absolute Gasteiger partial charge is 0.497 e. The summed E-state index contributed by atoms with van der Waals surface area (Å²) in [5.74, 6) is 1.19. The molecule has 0 aliphatic carbocycles. The van der Waals surface area contributed by atoms with E-state index in [-0.39, 0.29) is 19.8 Å². The van der Waals surface area contributed by atoms with Gasteiger partial charge in [-0.2, -0.15) is 0 Å². The zero-order chi connectivity index (χ0) is 46.3. The van der Waals surface area contributed by atoms with Crippen molar-refractivity contribution in [3.05, 3.63) is 173 Å². The Morgan fingerprint density at radius 1 is 0.754 bits per heavy atom. The van der Waals surface area contributed by atoms with Gasteiger partial charge in [0.2, 0.25) is 6.54 Å². The number of benzene rings is 3. The summed E-state index contributed by atoms with van der Waals surface area (Å²) < 4.78 is 72.4. The fourth-order valence-electron chi connectivity index (χ4n) is 7.66. The van der Waals surface area contributed by atoms with Gasteiger partial charge in [-0.15, -0.1) is 0 Å². The maximum Gasteiger partial charge on any atom is 0.330 e. The van der Waals surface area contributed by atoms with Crippen LogP contribution >= 0.6 is 6.72 Å². The molecule has 3 aromatic carbocycles. The maximum absolute atomic E-state index is 15.5. The van der Waals surface area contributed by atoms with E-state index in [2.05, 4.69) is 9.83 Å². The number of alkyl halides is 1.